The molecule has 16 heavy (non-hydrogen) atoms. The fraction of sp³-hybridized carbons (Fsp3) is 0.857. The summed E-state index contributed by atoms with van der Waals surface area (Å²) in [4.78, 5) is 0. The lowest BCUT2D eigenvalue weighted by molar-refractivity contribution is 0.197. The van der Waals surface area contributed by atoms with Gasteiger partial charge >= 0.3 is 0 Å². The van der Waals surface area contributed by atoms with Crippen LogP contribution in [0.15, 0.2) is 11.8 Å². The molecular weight excluding hydrogens is 216 g/mol. The Hall–Kier alpha value is -0.110. The summed E-state index contributed by atoms with van der Waals surface area (Å²) in [6.07, 6.45) is 12.7. The molecule has 0 amide bonds. The predicted molar refractivity (Wildman–Crippen MR) is 71.8 cm³/mol. The number of rotatable bonds is 4. The summed E-state index contributed by atoms with van der Waals surface area (Å²) in [7, 11) is 0. The molecule has 1 nitrogen and oxygen atoms in total. The van der Waals surface area contributed by atoms with E-state index in [1.165, 1.54) is 62.7 Å². The van der Waals surface area contributed by atoms with E-state index in [9.17, 15) is 0 Å². The Labute approximate surface area is 104 Å². The lowest BCUT2D eigenvalue weighted by Gasteiger charge is -2.35. The van der Waals surface area contributed by atoms with Crippen molar-refractivity contribution in [2.24, 2.45) is 0 Å². The van der Waals surface area contributed by atoms with Gasteiger partial charge in [-0.2, -0.15) is 11.8 Å². The fourth-order valence-electron chi connectivity index (χ4n) is 2.66. The van der Waals surface area contributed by atoms with Crippen molar-refractivity contribution in [3.8, 4) is 0 Å². The Morgan fingerprint density at radius 3 is 2.69 bits per heavy atom. The highest BCUT2D eigenvalue weighted by molar-refractivity contribution is 8.00. The van der Waals surface area contributed by atoms with Gasteiger partial charge in [0.05, 0.1) is 6.26 Å². The van der Waals surface area contributed by atoms with Crippen LogP contribution in [-0.2, 0) is 4.74 Å². The van der Waals surface area contributed by atoms with Crippen molar-refractivity contribution in [2.75, 3.05) is 12.4 Å². The molecule has 1 aliphatic heterocycles. The first-order chi connectivity index (χ1) is 7.85. The maximum Gasteiger partial charge on any atom is 0.102 e. The molecule has 2 heteroatoms. The largest absolute Gasteiger partial charge is 0.500 e. The minimum Gasteiger partial charge on any atom is -0.500 e. The van der Waals surface area contributed by atoms with Crippen LogP contribution in [0.3, 0.4) is 0 Å². The van der Waals surface area contributed by atoms with Crippen molar-refractivity contribution < 1.29 is 4.74 Å². The smallest absolute Gasteiger partial charge is 0.102 e. The lowest BCUT2D eigenvalue weighted by Crippen LogP contribution is -2.32. The van der Waals surface area contributed by atoms with Gasteiger partial charge in [-0.15, -0.1) is 0 Å². The highest BCUT2D eigenvalue weighted by Crippen LogP contribution is 2.39. The van der Waals surface area contributed by atoms with E-state index in [1.54, 1.807) is 0 Å². The molecule has 0 aromatic rings. The Bertz CT molecular complexity index is 233. The first-order valence-electron chi connectivity index (χ1n) is 6.78. The molecule has 0 radical (unpaired) electrons. The molecule has 0 aromatic carbocycles. The Balaban J connectivity index is 1.79. The zero-order valence-electron chi connectivity index (χ0n) is 10.5. The molecule has 1 aliphatic carbocycles. The summed E-state index contributed by atoms with van der Waals surface area (Å²) in [5.74, 6) is 1.33. The number of ether oxygens (including phenoxy) is 1. The molecule has 1 unspecified atom stereocenters. The van der Waals surface area contributed by atoms with Gasteiger partial charge in [0.25, 0.3) is 0 Å². The van der Waals surface area contributed by atoms with E-state index in [-0.39, 0.29) is 0 Å². The molecule has 0 N–H and O–H groups in total. The van der Waals surface area contributed by atoms with Gasteiger partial charge < -0.3 is 4.74 Å². The Morgan fingerprint density at radius 2 is 2.06 bits per heavy atom. The Morgan fingerprint density at radius 1 is 1.25 bits per heavy atom. The van der Waals surface area contributed by atoms with Gasteiger partial charge in [-0.1, -0.05) is 13.3 Å². The van der Waals surface area contributed by atoms with E-state index in [2.05, 4.69) is 24.9 Å². The summed E-state index contributed by atoms with van der Waals surface area (Å²) in [6, 6.07) is 0. The number of hydrogen-bond donors (Lipinski definition) is 0. The van der Waals surface area contributed by atoms with E-state index in [1.807, 2.05) is 0 Å². The summed E-state index contributed by atoms with van der Waals surface area (Å²) >= 11 is 2.14. The van der Waals surface area contributed by atoms with Gasteiger partial charge in [0.2, 0.25) is 0 Å². The van der Waals surface area contributed by atoms with Crippen molar-refractivity contribution in [3.63, 3.8) is 0 Å². The van der Waals surface area contributed by atoms with Crippen molar-refractivity contribution >= 4 is 11.8 Å². The zero-order valence-corrected chi connectivity index (χ0v) is 11.3. The third kappa shape index (κ3) is 3.19. The average Bonchev–Trinajstić information content (AvgIpc) is 2.83. The van der Waals surface area contributed by atoms with E-state index < -0.39 is 0 Å². The third-order valence-electron chi connectivity index (χ3n) is 3.92. The SMILES string of the molecule is CCC1(COC=C2CCCC2)CCCCS1. The monoisotopic (exact) mass is 240 g/mol. The van der Waals surface area contributed by atoms with Crippen LogP contribution >= 0.6 is 11.8 Å². The normalized spacial score (nSPS) is 30.4. The van der Waals surface area contributed by atoms with Gasteiger partial charge in [0.1, 0.15) is 6.61 Å². The second kappa shape index (κ2) is 6.00. The molecule has 0 spiro atoms. The molecule has 2 rings (SSSR count). The van der Waals surface area contributed by atoms with Crippen LogP contribution in [0.25, 0.3) is 0 Å². The molecule has 0 aromatic heterocycles. The average molecular weight is 240 g/mol. The summed E-state index contributed by atoms with van der Waals surface area (Å²) in [5, 5.41) is 0. The van der Waals surface area contributed by atoms with Gasteiger partial charge in [-0.3, -0.25) is 0 Å². The van der Waals surface area contributed by atoms with Crippen LogP contribution in [0.4, 0.5) is 0 Å². The van der Waals surface area contributed by atoms with Crippen LogP contribution in [0.2, 0.25) is 0 Å². The van der Waals surface area contributed by atoms with E-state index in [0.29, 0.717) is 4.75 Å². The second-order valence-corrected chi connectivity index (χ2v) is 6.70. The van der Waals surface area contributed by atoms with E-state index in [0.717, 1.165) is 6.61 Å². The van der Waals surface area contributed by atoms with Crippen molar-refractivity contribution in [2.45, 2.75) is 63.0 Å². The standard InChI is InChI=1S/C14H24OS/c1-2-14(9-5-6-10-16-14)12-15-11-13-7-3-4-8-13/h11H,2-10,12H2,1H3. The van der Waals surface area contributed by atoms with Crippen LogP contribution < -0.4 is 0 Å². The first-order valence-corrected chi connectivity index (χ1v) is 7.77. The van der Waals surface area contributed by atoms with Crippen LogP contribution in [0.5, 0.6) is 0 Å². The summed E-state index contributed by atoms with van der Waals surface area (Å²) in [6.45, 7) is 3.24. The van der Waals surface area contributed by atoms with E-state index >= 15 is 0 Å². The van der Waals surface area contributed by atoms with Crippen molar-refractivity contribution in [1.29, 1.82) is 0 Å². The van der Waals surface area contributed by atoms with Crippen molar-refractivity contribution in [1.82, 2.24) is 0 Å². The maximum absolute atomic E-state index is 5.87. The number of thioether (sulfide) groups is 1. The molecule has 2 aliphatic rings. The minimum atomic E-state index is 0.425. The van der Waals surface area contributed by atoms with Gasteiger partial charge in [-0.25, -0.2) is 0 Å². The highest BCUT2D eigenvalue weighted by Gasteiger charge is 2.31. The van der Waals surface area contributed by atoms with Crippen LogP contribution in [-0.4, -0.2) is 17.1 Å². The topological polar surface area (TPSA) is 9.23 Å². The number of hydrogen-bond acceptors (Lipinski definition) is 2. The van der Waals surface area contributed by atoms with Gasteiger partial charge in [-0.05, 0) is 56.3 Å². The van der Waals surface area contributed by atoms with Gasteiger partial charge in [0.15, 0.2) is 0 Å². The summed E-state index contributed by atoms with van der Waals surface area (Å²) in [5.41, 5.74) is 1.53. The Kier molecular flexibility index (Phi) is 4.63. The highest BCUT2D eigenvalue weighted by atomic mass is 32.2. The predicted octanol–water partition coefficient (Wildman–Crippen LogP) is 4.53. The zero-order chi connectivity index (χ0) is 11.3. The van der Waals surface area contributed by atoms with Gasteiger partial charge in [0, 0.05) is 4.75 Å². The molecule has 92 valence electrons. The third-order valence-corrected chi connectivity index (χ3v) is 5.64. The molecule has 1 saturated heterocycles. The lowest BCUT2D eigenvalue weighted by atomic mass is 9.98. The molecule has 2 fully saturated rings. The summed E-state index contributed by atoms with van der Waals surface area (Å²) < 4.78 is 6.29. The molecule has 1 saturated carbocycles. The maximum atomic E-state index is 5.87. The van der Waals surface area contributed by atoms with Crippen molar-refractivity contribution in [3.05, 3.63) is 11.8 Å². The van der Waals surface area contributed by atoms with Crippen LogP contribution in [0.1, 0.15) is 58.3 Å². The quantitative estimate of drug-likeness (QED) is 0.668. The first kappa shape index (κ1) is 12.3. The van der Waals surface area contributed by atoms with Crippen LogP contribution in [0, 0.1) is 0 Å². The minimum absolute atomic E-state index is 0.425. The molecule has 1 atom stereocenters. The molecular formula is C14H24OS. The fourth-order valence-corrected chi connectivity index (χ4v) is 4.09. The number of allylic oxidation sites excluding steroid dienone is 1. The molecule has 1 heterocycles. The second-order valence-electron chi connectivity index (χ2n) is 5.14. The molecule has 0 bridgehead atoms. The van der Waals surface area contributed by atoms with E-state index in [4.69, 9.17) is 4.74 Å².